The summed E-state index contributed by atoms with van der Waals surface area (Å²) in [4.78, 5) is 13.0. The lowest BCUT2D eigenvalue weighted by Gasteiger charge is -1.94. The van der Waals surface area contributed by atoms with Crippen LogP contribution < -0.4 is 5.73 Å². The number of hydrogen-bond acceptors (Lipinski definition) is 7. The summed E-state index contributed by atoms with van der Waals surface area (Å²) in [6.07, 6.45) is 0. The van der Waals surface area contributed by atoms with Crippen molar-refractivity contribution in [3.8, 4) is 23.1 Å². The van der Waals surface area contributed by atoms with Crippen LogP contribution in [-0.4, -0.2) is 20.1 Å². The highest BCUT2D eigenvalue weighted by Gasteiger charge is 2.14. The van der Waals surface area contributed by atoms with Crippen LogP contribution in [0.3, 0.4) is 0 Å². The molecule has 0 saturated heterocycles. The number of pyridine rings is 1. The number of nitrogens with two attached hydrogens (primary N) is 1. The predicted molar refractivity (Wildman–Crippen MR) is 71.3 cm³/mol. The lowest BCUT2D eigenvalue weighted by Crippen LogP contribution is -1.94. The molecule has 0 saturated carbocycles. The van der Waals surface area contributed by atoms with Crippen LogP contribution in [0.5, 0.6) is 0 Å². The molecule has 0 radical (unpaired) electrons. The van der Waals surface area contributed by atoms with Gasteiger partial charge in [0.15, 0.2) is 0 Å². The number of thiazole rings is 1. The second kappa shape index (κ2) is 4.87. The first kappa shape index (κ1) is 11.9. The van der Waals surface area contributed by atoms with Crippen molar-refractivity contribution in [3.63, 3.8) is 0 Å². The maximum Gasteiger partial charge on any atom is 0.277 e. The maximum atomic E-state index is 5.53. The fourth-order valence-corrected chi connectivity index (χ4v) is 2.25. The standard InChI is InChI=1S/C12H11N5OS/c1-7-3-2-4-8(14-7)11-16-12(18-17-11)9-6-19-10(5-13)15-9/h2-4,6H,5,13H2,1H3. The first-order chi connectivity index (χ1) is 9.26. The Balaban J connectivity index is 1.95. The van der Waals surface area contributed by atoms with Crippen molar-refractivity contribution in [2.75, 3.05) is 0 Å². The molecular weight excluding hydrogens is 262 g/mol. The molecule has 3 aromatic heterocycles. The van der Waals surface area contributed by atoms with Gasteiger partial charge in [0.2, 0.25) is 5.82 Å². The van der Waals surface area contributed by atoms with Crippen LogP contribution in [0.2, 0.25) is 0 Å². The van der Waals surface area contributed by atoms with Gasteiger partial charge in [0, 0.05) is 17.6 Å². The zero-order valence-electron chi connectivity index (χ0n) is 10.2. The molecule has 0 amide bonds. The molecule has 0 aliphatic heterocycles. The summed E-state index contributed by atoms with van der Waals surface area (Å²) in [6, 6.07) is 5.66. The molecule has 3 heterocycles. The van der Waals surface area contributed by atoms with Gasteiger partial charge in [-0.1, -0.05) is 11.2 Å². The van der Waals surface area contributed by atoms with Gasteiger partial charge in [-0.2, -0.15) is 4.98 Å². The molecule has 96 valence electrons. The fraction of sp³-hybridized carbons (Fsp3) is 0.167. The van der Waals surface area contributed by atoms with E-state index < -0.39 is 0 Å². The number of hydrogen-bond donors (Lipinski definition) is 1. The van der Waals surface area contributed by atoms with Crippen molar-refractivity contribution >= 4 is 11.3 Å². The summed E-state index contributed by atoms with van der Waals surface area (Å²) in [6.45, 7) is 2.32. The van der Waals surface area contributed by atoms with E-state index in [0.717, 1.165) is 10.7 Å². The summed E-state index contributed by atoms with van der Waals surface area (Å²) < 4.78 is 5.21. The molecular formula is C12H11N5OS. The Morgan fingerprint density at radius 1 is 1.21 bits per heavy atom. The SMILES string of the molecule is Cc1cccc(-c2noc(-c3csc(CN)n3)n2)n1. The smallest absolute Gasteiger partial charge is 0.277 e. The lowest BCUT2D eigenvalue weighted by molar-refractivity contribution is 0.431. The molecule has 0 fully saturated rings. The number of aromatic nitrogens is 4. The monoisotopic (exact) mass is 273 g/mol. The number of aryl methyl sites for hydroxylation is 1. The fourth-order valence-electron chi connectivity index (χ4n) is 1.60. The summed E-state index contributed by atoms with van der Waals surface area (Å²) in [5.74, 6) is 0.843. The second-order valence-electron chi connectivity index (χ2n) is 3.92. The van der Waals surface area contributed by atoms with Crippen LogP contribution in [-0.2, 0) is 6.54 Å². The van der Waals surface area contributed by atoms with E-state index in [9.17, 15) is 0 Å². The van der Waals surface area contributed by atoms with Gasteiger partial charge in [-0.3, -0.25) is 0 Å². The Labute approximate surface area is 113 Å². The minimum absolute atomic E-state index is 0.384. The van der Waals surface area contributed by atoms with Gasteiger partial charge in [-0.25, -0.2) is 9.97 Å². The van der Waals surface area contributed by atoms with Crippen molar-refractivity contribution in [2.45, 2.75) is 13.5 Å². The molecule has 7 heteroatoms. The van der Waals surface area contributed by atoms with E-state index in [-0.39, 0.29) is 0 Å². The molecule has 0 unspecified atom stereocenters. The van der Waals surface area contributed by atoms with Gasteiger partial charge >= 0.3 is 0 Å². The van der Waals surface area contributed by atoms with Crippen molar-refractivity contribution in [3.05, 3.63) is 34.3 Å². The zero-order valence-corrected chi connectivity index (χ0v) is 11.0. The zero-order chi connectivity index (χ0) is 13.2. The van der Waals surface area contributed by atoms with E-state index in [1.54, 1.807) is 0 Å². The van der Waals surface area contributed by atoms with E-state index >= 15 is 0 Å². The molecule has 0 spiro atoms. The third-order valence-electron chi connectivity index (χ3n) is 2.49. The third-order valence-corrected chi connectivity index (χ3v) is 3.36. The van der Waals surface area contributed by atoms with E-state index in [0.29, 0.717) is 29.6 Å². The molecule has 6 nitrogen and oxygen atoms in total. The summed E-state index contributed by atoms with van der Waals surface area (Å²) in [7, 11) is 0. The molecule has 3 rings (SSSR count). The minimum Gasteiger partial charge on any atom is -0.332 e. The van der Waals surface area contributed by atoms with Crippen LogP contribution in [0.25, 0.3) is 23.1 Å². The lowest BCUT2D eigenvalue weighted by atomic mass is 10.3. The molecule has 0 aliphatic rings. The third kappa shape index (κ3) is 2.38. The Hall–Kier alpha value is -2.12. The quantitative estimate of drug-likeness (QED) is 0.785. The molecule has 19 heavy (non-hydrogen) atoms. The largest absolute Gasteiger partial charge is 0.332 e. The Bertz CT molecular complexity index is 705. The molecule has 0 bridgehead atoms. The Morgan fingerprint density at radius 2 is 2.11 bits per heavy atom. The van der Waals surface area contributed by atoms with E-state index in [1.807, 2.05) is 30.5 Å². The predicted octanol–water partition coefficient (Wildman–Crippen LogP) is 2.02. The van der Waals surface area contributed by atoms with Crippen LogP contribution in [0.4, 0.5) is 0 Å². The van der Waals surface area contributed by atoms with Gasteiger partial charge in [-0.05, 0) is 19.1 Å². The van der Waals surface area contributed by atoms with Gasteiger partial charge in [0.1, 0.15) is 16.4 Å². The van der Waals surface area contributed by atoms with Crippen LogP contribution >= 0.6 is 11.3 Å². The second-order valence-corrected chi connectivity index (χ2v) is 4.86. The maximum absolute atomic E-state index is 5.53. The van der Waals surface area contributed by atoms with E-state index in [2.05, 4.69) is 20.1 Å². The average molecular weight is 273 g/mol. The van der Waals surface area contributed by atoms with Crippen LogP contribution in [0.15, 0.2) is 28.1 Å². The van der Waals surface area contributed by atoms with E-state index in [4.69, 9.17) is 10.3 Å². The molecule has 3 aromatic rings. The molecule has 2 N–H and O–H groups in total. The first-order valence-electron chi connectivity index (χ1n) is 5.69. The normalized spacial score (nSPS) is 10.8. The van der Waals surface area contributed by atoms with Crippen LogP contribution in [0, 0.1) is 6.92 Å². The van der Waals surface area contributed by atoms with Gasteiger partial charge in [0.05, 0.1) is 0 Å². The average Bonchev–Trinajstić information content (AvgIpc) is 3.07. The van der Waals surface area contributed by atoms with Crippen molar-refractivity contribution in [1.29, 1.82) is 0 Å². The summed E-state index contributed by atoms with van der Waals surface area (Å²) in [5.41, 5.74) is 7.77. The Morgan fingerprint density at radius 3 is 2.84 bits per heavy atom. The highest BCUT2D eigenvalue weighted by atomic mass is 32.1. The molecule has 0 atom stereocenters. The highest BCUT2D eigenvalue weighted by molar-refractivity contribution is 7.09. The summed E-state index contributed by atoms with van der Waals surface area (Å²) >= 11 is 1.47. The van der Waals surface area contributed by atoms with Gasteiger partial charge in [0.25, 0.3) is 5.89 Å². The number of nitrogens with zero attached hydrogens (tertiary/aromatic N) is 4. The Kier molecular flexibility index (Phi) is 3.06. The van der Waals surface area contributed by atoms with Crippen molar-refractivity contribution < 1.29 is 4.52 Å². The van der Waals surface area contributed by atoms with Crippen molar-refractivity contribution in [2.24, 2.45) is 5.73 Å². The van der Waals surface area contributed by atoms with Gasteiger partial charge < -0.3 is 10.3 Å². The van der Waals surface area contributed by atoms with Crippen molar-refractivity contribution in [1.82, 2.24) is 20.1 Å². The van der Waals surface area contributed by atoms with Gasteiger partial charge in [-0.15, -0.1) is 11.3 Å². The van der Waals surface area contributed by atoms with Crippen LogP contribution in [0.1, 0.15) is 10.7 Å². The topological polar surface area (TPSA) is 90.7 Å². The minimum atomic E-state index is 0.384. The first-order valence-corrected chi connectivity index (χ1v) is 6.57. The van der Waals surface area contributed by atoms with E-state index in [1.165, 1.54) is 11.3 Å². The number of rotatable bonds is 3. The highest BCUT2D eigenvalue weighted by Crippen LogP contribution is 2.22. The summed E-state index contributed by atoms with van der Waals surface area (Å²) in [5, 5.41) is 6.61. The molecule has 0 aliphatic carbocycles. The molecule has 0 aromatic carbocycles.